The molecule has 1 aromatic rings. The summed E-state index contributed by atoms with van der Waals surface area (Å²) in [6.45, 7) is 3.88. The second-order valence-corrected chi connectivity index (χ2v) is 4.91. The fraction of sp³-hybridized carbons (Fsp3) is 0.571. The van der Waals surface area contributed by atoms with Crippen molar-refractivity contribution in [3.63, 3.8) is 0 Å². The average molecular weight is 316 g/mol. The van der Waals surface area contributed by atoms with Crippen molar-refractivity contribution in [1.82, 2.24) is 4.90 Å². The van der Waals surface area contributed by atoms with Gasteiger partial charge in [0.25, 0.3) is 0 Å². The Morgan fingerprint density at radius 2 is 1.78 bits per heavy atom. The summed E-state index contributed by atoms with van der Waals surface area (Å²) in [7, 11) is 3.44. The van der Waals surface area contributed by atoms with Crippen LogP contribution < -0.4 is 4.74 Å². The second kappa shape index (κ2) is 9.36. The second-order valence-electron chi connectivity index (χ2n) is 4.12. The van der Waals surface area contributed by atoms with Crippen LogP contribution in [0.1, 0.15) is 5.56 Å². The van der Waals surface area contributed by atoms with Gasteiger partial charge in [-0.3, -0.25) is 4.90 Å². The monoisotopic (exact) mass is 315 g/mol. The molecule has 18 heavy (non-hydrogen) atoms. The van der Waals surface area contributed by atoms with E-state index in [0.29, 0.717) is 0 Å². The molecule has 1 aromatic carbocycles. The lowest BCUT2D eigenvalue weighted by atomic mass is 10.1. The molecule has 0 saturated heterocycles. The number of methoxy groups -OCH3 is 2. The maximum Gasteiger partial charge on any atom is 0.118 e. The smallest absolute Gasteiger partial charge is 0.118 e. The number of halogens is 1. The van der Waals surface area contributed by atoms with E-state index in [1.165, 1.54) is 5.56 Å². The van der Waals surface area contributed by atoms with E-state index in [1.54, 1.807) is 14.2 Å². The molecule has 3 nitrogen and oxygen atoms in total. The predicted octanol–water partition coefficient (Wildman–Crippen LogP) is 2.58. The number of alkyl halides is 1. The molecule has 0 saturated carbocycles. The minimum Gasteiger partial charge on any atom is -0.497 e. The average Bonchev–Trinajstić information content (AvgIpc) is 2.42. The molecule has 0 fully saturated rings. The molecule has 0 aliphatic carbocycles. The quantitative estimate of drug-likeness (QED) is 0.654. The highest BCUT2D eigenvalue weighted by Crippen LogP contribution is 2.12. The molecule has 0 heterocycles. The Bertz CT molecular complexity index is 316. The van der Waals surface area contributed by atoms with Crippen LogP contribution in [0, 0.1) is 0 Å². The summed E-state index contributed by atoms with van der Waals surface area (Å²) in [6.07, 6.45) is 1.06. The highest BCUT2D eigenvalue weighted by molar-refractivity contribution is 9.09. The van der Waals surface area contributed by atoms with E-state index in [-0.39, 0.29) is 0 Å². The summed E-state index contributed by atoms with van der Waals surface area (Å²) in [5.41, 5.74) is 1.34. The van der Waals surface area contributed by atoms with Gasteiger partial charge in [0, 0.05) is 32.1 Å². The Morgan fingerprint density at radius 3 is 2.33 bits per heavy atom. The molecule has 0 N–H and O–H groups in total. The zero-order valence-corrected chi connectivity index (χ0v) is 12.8. The molecule has 0 spiro atoms. The van der Waals surface area contributed by atoms with E-state index in [9.17, 15) is 0 Å². The maximum absolute atomic E-state index is 5.15. The molecule has 4 heteroatoms. The van der Waals surface area contributed by atoms with Gasteiger partial charge >= 0.3 is 0 Å². The van der Waals surface area contributed by atoms with Crippen molar-refractivity contribution in [2.24, 2.45) is 0 Å². The minimum atomic E-state index is 0.787. The van der Waals surface area contributed by atoms with Crippen molar-refractivity contribution in [3.8, 4) is 5.75 Å². The molecule has 0 aromatic heterocycles. The van der Waals surface area contributed by atoms with Crippen molar-refractivity contribution in [2.75, 3.05) is 45.8 Å². The molecule has 0 radical (unpaired) electrons. The van der Waals surface area contributed by atoms with Gasteiger partial charge in [-0.25, -0.2) is 0 Å². The first-order chi connectivity index (χ1) is 8.80. The van der Waals surface area contributed by atoms with Gasteiger partial charge in [-0.1, -0.05) is 28.1 Å². The molecule has 0 amide bonds. The van der Waals surface area contributed by atoms with Crippen molar-refractivity contribution in [1.29, 1.82) is 0 Å². The van der Waals surface area contributed by atoms with Gasteiger partial charge in [0.05, 0.1) is 13.7 Å². The topological polar surface area (TPSA) is 21.7 Å². The SMILES string of the molecule is COCCN(CCBr)CCc1ccc(OC)cc1. The third-order valence-electron chi connectivity index (χ3n) is 2.89. The standard InChI is InChI=1S/C14H22BrNO2/c1-17-12-11-16(10-8-15)9-7-13-3-5-14(18-2)6-4-13/h3-6H,7-12H2,1-2H3. The Labute approximate surface area is 118 Å². The molecule has 0 bridgehead atoms. The Morgan fingerprint density at radius 1 is 1.06 bits per heavy atom. The number of nitrogens with zero attached hydrogens (tertiary/aromatic N) is 1. The van der Waals surface area contributed by atoms with Crippen LogP contribution in [-0.2, 0) is 11.2 Å². The third-order valence-corrected chi connectivity index (χ3v) is 3.24. The first-order valence-corrected chi connectivity index (χ1v) is 7.32. The fourth-order valence-corrected chi connectivity index (χ4v) is 2.26. The highest BCUT2D eigenvalue weighted by Gasteiger charge is 2.04. The Kier molecular flexibility index (Phi) is 8.05. The predicted molar refractivity (Wildman–Crippen MR) is 78.8 cm³/mol. The lowest BCUT2D eigenvalue weighted by molar-refractivity contribution is 0.152. The highest BCUT2D eigenvalue weighted by atomic mass is 79.9. The van der Waals surface area contributed by atoms with Crippen LogP contribution in [0.15, 0.2) is 24.3 Å². The van der Waals surface area contributed by atoms with Crippen molar-refractivity contribution >= 4 is 15.9 Å². The first-order valence-electron chi connectivity index (χ1n) is 6.20. The third kappa shape index (κ3) is 5.85. The van der Waals surface area contributed by atoms with Crippen LogP contribution in [0.5, 0.6) is 5.75 Å². The van der Waals surface area contributed by atoms with E-state index in [4.69, 9.17) is 9.47 Å². The molecule has 0 aliphatic rings. The normalized spacial score (nSPS) is 10.9. The first kappa shape index (κ1) is 15.5. The molecule has 102 valence electrons. The van der Waals surface area contributed by atoms with Crippen LogP contribution in [0.25, 0.3) is 0 Å². The van der Waals surface area contributed by atoms with Gasteiger partial charge in [0.2, 0.25) is 0 Å². The van der Waals surface area contributed by atoms with Crippen LogP contribution >= 0.6 is 15.9 Å². The number of benzene rings is 1. The van der Waals surface area contributed by atoms with E-state index >= 15 is 0 Å². The summed E-state index contributed by atoms with van der Waals surface area (Å²) < 4.78 is 10.3. The van der Waals surface area contributed by atoms with Gasteiger partial charge < -0.3 is 9.47 Å². The van der Waals surface area contributed by atoms with Gasteiger partial charge in [-0.2, -0.15) is 0 Å². The summed E-state index contributed by atoms with van der Waals surface area (Å²) in [5.74, 6) is 0.912. The Hall–Kier alpha value is -0.580. The number of rotatable bonds is 9. The van der Waals surface area contributed by atoms with Crippen LogP contribution in [0.4, 0.5) is 0 Å². The van der Waals surface area contributed by atoms with Gasteiger partial charge in [0.15, 0.2) is 0 Å². The van der Waals surface area contributed by atoms with Crippen molar-refractivity contribution < 1.29 is 9.47 Å². The minimum absolute atomic E-state index is 0.787. The zero-order chi connectivity index (χ0) is 13.2. The fourth-order valence-electron chi connectivity index (χ4n) is 1.75. The summed E-state index contributed by atoms with van der Waals surface area (Å²) >= 11 is 3.49. The lowest BCUT2D eigenvalue weighted by Gasteiger charge is -2.20. The molecule has 1 rings (SSSR count). The van der Waals surface area contributed by atoms with Crippen molar-refractivity contribution in [3.05, 3.63) is 29.8 Å². The van der Waals surface area contributed by atoms with Gasteiger partial charge in [0.1, 0.15) is 5.75 Å². The molecule has 0 atom stereocenters. The number of hydrogen-bond acceptors (Lipinski definition) is 3. The van der Waals surface area contributed by atoms with Crippen LogP contribution in [0.3, 0.4) is 0 Å². The zero-order valence-electron chi connectivity index (χ0n) is 11.2. The molecular weight excluding hydrogens is 294 g/mol. The molecular formula is C14H22BrNO2. The lowest BCUT2D eigenvalue weighted by Crippen LogP contribution is -2.31. The summed E-state index contributed by atoms with van der Waals surface area (Å²) in [6, 6.07) is 8.28. The van der Waals surface area contributed by atoms with Gasteiger partial charge in [-0.05, 0) is 24.1 Å². The molecule has 0 aliphatic heterocycles. The number of hydrogen-bond donors (Lipinski definition) is 0. The van der Waals surface area contributed by atoms with E-state index in [1.807, 2.05) is 12.1 Å². The van der Waals surface area contributed by atoms with Gasteiger partial charge in [-0.15, -0.1) is 0 Å². The summed E-state index contributed by atoms with van der Waals surface area (Å²) in [4.78, 5) is 2.41. The maximum atomic E-state index is 5.15. The van der Waals surface area contributed by atoms with E-state index in [2.05, 4.69) is 33.0 Å². The van der Waals surface area contributed by atoms with Crippen molar-refractivity contribution in [2.45, 2.75) is 6.42 Å². The molecule has 0 unspecified atom stereocenters. The Balaban J connectivity index is 2.39. The largest absolute Gasteiger partial charge is 0.497 e. The van der Waals surface area contributed by atoms with E-state index < -0.39 is 0 Å². The van der Waals surface area contributed by atoms with Crippen LogP contribution in [-0.4, -0.2) is 50.7 Å². The number of ether oxygens (including phenoxy) is 2. The van der Waals surface area contributed by atoms with Crippen LogP contribution in [0.2, 0.25) is 0 Å². The van der Waals surface area contributed by atoms with E-state index in [0.717, 1.165) is 43.7 Å². The summed E-state index contributed by atoms with van der Waals surface area (Å²) in [5, 5.41) is 0.999.